The minimum absolute atomic E-state index is 0.209. The molecule has 0 unspecified atom stereocenters. The molecule has 5 rings (SSSR count). The van der Waals surface area contributed by atoms with E-state index in [1.165, 1.54) is 20.1 Å². The number of rotatable bonds is 8. The standard InChI is InChI=1S/C32H34N4O6/c1-17(32(39)36-21-7-10-24-19(14-21)12-13-33-24)34-26-11-8-22-23(16-27(26)38)25(35-18(2)37)9-6-20-15-28(40-3)30(41-4)31(42-5)29(20)22/h7-8,10-17,25,33H,6,9H2,1-5H3,(H,34,38)(H,35,37)(H,36,39)/t17-,25-/m1/s1. The molecule has 1 heterocycles. The van der Waals surface area contributed by atoms with Crippen molar-refractivity contribution in [2.24, 2.45) is 0 Å². The van der Waals surface area contributed by atoms with Crippen LogP contribution in [0.4, 0.5) is 11.4 Å². The van der Waals surface area contributed by atoms with Crippen molar-refractivity contribution in [3.8, 4) is 28.4 Å². The predicted molar refractivity (Wildman–Crippen MR) is 163 cm³/mol. The Labute approximate surface area is 243 Å². The molecule has 0 radical (unpaired) electrons. The molecule has 4 aromatic rings. The average molecular weight is 571 g/mol. The van der Waals surface area contributed by atoms with Gasteiger partial charge in [0.1, 0.15) is 6.04 Å². The van der Waals surface area contributed by atoms with Crippen LogP contribution in [0.1, 0.15) is 37.4 Å². The molecule has 3 aromatic carbocycles. The van der Waals surface area contributed by atoms with E-state index < -0.39 is 12.1 Å². The normalized spacial score (nSPS) is 14.5. The molecule has 2 atom stereocenters. The summed E-state index contributed by atoms with van der Waals surface area (Å²) in [6, 6.07) is 13.3. The molecule has 2 amide bonds. The molecular formula is C32H34N4O6. The van der Waals surface area contributed by atoms with Gasteiger partial charge in [-0.05, 0) is 78.9 Å². The summed E-state index contributed by atoms with van der Waals surface area (Å²) < 4.78 is 17.1. The molecule has 10 heteroatoms. The molecule has 218 valence electrons. The third-order valence-electron chi connectivity index (χ3n) is 7.50. The first-order valence-corrected chi connectivity index (χ1v) is 13.7. The first-order chi connectivity index (χ1) is 20.2. The number of amides is 2. The van der Waals surface area contributed by atoms with Gasteiger partial charge in [0.25, 0.3) is 0 Å². The molecular weight excluding hydrogens is 536 g/mol. The number of carbonyl (C=O) groups is 2. The summed E-state index contributed by atoms with van der Waals surface area (Å²) in [5, 5.41) is 9.96. The van der Waals surface area contributed by atoms with Crippen molar-refractivity contribution in [3.63, 3.8) is 0 Å². The smallest absolute Gasteiger partial charge is 0.246 e. The van der Waals surface area contributed by atoms with Gasteiger partial charge in [-0.25, -0.2) is 0 Å². The van der Waals surface area contributed by atoms with Crippen LogP contribution in [0, 0.1) is 0 Å². The lowest BCUT2D eigenvalue weighted by Crippen LogP contribution is -2.33. The molecule has 0 aliphatic heterocycles. The number of fused-ring (bicyclic) bond motifs is 4. The number of aromatic nitrogens is 1. The van der Waals surface area contributed by atoms with Crippen molar-refractivity contribution in [2.75, 3.05) is 32.0 Å². The number of methoxy groups -OCH3 is 3. The van der Waals surface area contributed by atoms with Gasteiger partial charge in [0, 0.05) is 35.3 Å². The van der Waals surface area contributed by atoms with Gasteiger partial charge in [0.05, 0.1) is 33.1 Å². The van der Waals surface area contributed by atoms with E-state index in [0.717, 1.165) is 22.0 Å². The maximum absolute atomic E-state index is 13.6. The molecule has 10 nitrogen and oxygen atoms in total. The Morgan fingerprint density at radius 3 is 2.48 bits per heavy atom. The van der Waals surface area contributed by atoms with Crippen LogP contribution in [-0.2, 0) is 16.0 Å². The Kier molecular flexibility index (Phi) is 8.06. The SMILES string of the molecule is COc1cc2c(c(OC)c1OC)-c1ccc(N[C@H](C)C(=O)Nc3ccc4[nH]ccc4c3)c(=O)cc1[C@H](NC(C)=O)CC2. The second-order valence-electron chi connectivity index (χ2n) is 10.2. The number of anilines is 2. The van der Waals surface area contributed by atoms with Crippen LogP contribution in [0.15, 0.2) is 59.5 Å². The van der Waals surface area contributed by atoms with Gasteiger partial charge in [-0.3, -0.25) is 14.4 Å². The predicted octanol–water partition coefficient (Wildman–Crippen LogP) is 4.78. The van der Waals surface area contributed by atoms with Gasteiger partial charge in [-0.15, -0.1) is 0 Å². The lowest BCUT2D eigenvalue weighted by molar-refractivity contribution is -0.119. The first-order valence-electron chi connectivity index (χ1n) is 13.7. The summed E-state index contributed by atoms with van der Waals surface area (Å²) in [6.45, 7) is 3.14. The van der Waals surface area contributed by atoms with Crippen LogP contribution in [0.5, 0.6) is 17.2 Å². The molecule has 42 heavy (non-hydrogen) atoms. The van der Waals surface area contributed by atoms with Gasteiger partial charge >= 0.3 is 0 Å². The van der Waals surface area contributed by atoms with Crippen LogP contribution >= 0.6 is 0 Å². The highest BCUT2D eigenvalue weighted by Gasteiger charge is 2.29. The Morgan fingerprint density at radius 1 is 0.976 bits per heavy atom. The maximum atomic E-state index is 13.6. The Hall–Kier alpha value is -4.99. The average Bonchev–Trinajstić information content (AvgIpc) is 3.32. The zero-order chi connectivity index (χ0) is 30.0. The van der Waals surface area contributed by atoms with E-state index in [-0.39, 0.29) is 22.9 Å². The quantitative estimate of drug-likeness (QED) is 0.240. The number of aromatic amines is 1. The van der Waals surface area contributed by atoms with Gasteiger partial charge in [-0.1, -0.05) is 6.07 Å². The minimum atomic E-state index is -0.723. The fourth-order valence-corrected chi connectivity index (χ4v) is 5.51. The maximum Gasteiger partial charge on any atom is 0.246 e. The highest BCUT2D eigenvalue weighted by molar-refractivity contribution is 5.98. The van der Waals surface area contributed by atoms with Crippen molar-refractivity contribution in [1.29, 1.82) is 0 Å². The second kappa shape index (κ2) is 11.9. The van der Waals surface area contributed by atoms with E-state index in [1.807, 2.05) is 42.6 Å². The molecule has 0 spiro atoms. The van der Waals surface area contributed by atoms with E-state index in [2.05, 4.69) is 20.9 Å². The fraction of sp³-hybridized carbons (Fsp3) is 0.281. The lowest BCUT2D eigenvalue weighted by Gasteiger charge is -2.19. The second-order valence-corrected chi connectivity index (χ2v) is 10.2. The summed E-state index contributed by atoms with van der Waals surface area (Å²) in [7, 11) is 4.65. The van der Waals surface area contributed by atoms with Crippen molar-refractivity contribution >= 4 is 34.1 Å². The fourth-order valence-electron chi connectivity index (χ4n) is 5.51. The Balaban J connectivity index is 1.54. The summed E-state index contributed by atoms with van der Waals surface area (Å²) in [6.07, 6.45) is 2.99. The van der Waals surface area contributed by atoms with Crippen molar-refractivity contribution in [1.82, 2.24) is 10.3 Å². The van der Waals surface area contributed by atoms with Gasteiger partial charge < -0.3 is 35.1 Å². The first kappa shape index (κ1) is 28.5. The van der Waals surface area contributed by atoms with E-state index >= 15 is 0 Å². The number of nitrogens with one attached hydrogen (secondary N) is 4. The van der Waals surface area contributed by atoms with Crippen molar-refractivity contribution in [3.05, 3.63) is 76.1 Å². The zero-order valence-corrected chi connectivity index (χ0v) is 24.2. The number of hydrogen-bond acceptors (Lipinski definition) is 7. The molecule has 1 aliphatic carbocycles. The van der Waals surface area contributed by atoms with Gasteiger partial charge in [-0.2, -0.15) is 0 Å². The number of H-pyrrole nitrogens is 1. The molecule has 1 aromatic heterocycles. The van der Waals surface area contributed by atoms with Crippen molar-refractivity contribution in [2.45, 2.75) is 38.8 Å². The Morgan fingerprint density at radius 2 is 1.76 bits per heavy atom. The Bertz CT molecular complexity index is 1730. The van der Waals surface area contributed by atoms with E-state index in [9.17, 15) is 14.4 Å². The third-order valence-corrected chi connectivity index (χ3v) is 7.50. The van der Waals surface area contributed by atoms with E-state index in [0.29, 0.717) is 46.9 Å². The molecule has 0 bridgehead atoms. The van der Waals surface area contributed by atoms with E-state index in [1.54, 1.807) is 27.2 Å². The molecule has 0 saturated heterocycles. The van der Waals surface area contributed by atoms with Crippen LogP contribution in [0.3, 0.4) is 0 Å². The van der Waals surface area contributed by atoms with E-state index in [4.69, 9.17) is 14.2 Å². The zero-order valence-electron chi connectivity index (χ0n) is 24.2. The topological polar surface area (TPSA) is 131 Å². The highest BCUT2D eigenvalue weighted by Crippen LogP contribution is 2.50. The number of benzene rings is 2. The molecule has 4 N–H and O–H groups in total. The van der Waals surface area contributed by atoms with Crippen LogP contribution < -0.4 is 35.6 Å². The number of carbonyl (C=O) groups excluding carboxylic acids is 2. The lowest BCUT2D eigenvalue weighted by atomic mass is 9.95. The number of aryl methyl sites for hydroxylation is 1. The van der Waals surface area contributed by atoms with Crippen LogP contribution in [0.2, 0.25) is 0 Å². The number of ether oxygens (including phenoxy) is 3. The van der Waals surface area contributed by atoms with Crippen LogP contribution in [-0.4, -0.2) is 44.2 Å². The molecule has 0 fully saturated rings. The summed E-state index contributed by atoms with van der Waals surface area (Å²) in [5.74, 6) is 0.918. The summed E-state index contributed by atoms with van der Waals surface area (Å²) in [4.78, 5) is 41.9. The number of hydrogen-bond donors (Lipinski definition) is 4. The third kappa shape index (κ3) is 5.47. The van der Waals surface area contributed by atoms with Gasteiger partial charge in [0.15, 0.2) is 11.5 Å². The molecule has 0 saturated carbocycles. The molecule has 1 aliphatic rings. The van der Waals surface area contributed by atoms with Crippen molar-refractivity contribution < 1.29 is 23.8 Å². The van der Waals surface area contributed by atoms with Gasteiger partial charge in [0.2, 0.25) is 23.0 Å². The monoisotopic (exact) mass is 570 g/mol. The summed E-state index contributed by atoms with van der Waals surface area (Å²) >= 11 is 0. The minimum Gasteiger partial charge on any atom is -0.493 e. The van der Waals surface area contributed by atoms with Crippen LogP contribution in [0.25, 0.3) is 22.0 Å². The summed E-state index contributed by atoms with van der Waals surface area (Å²) in [5.41, 5.74) is 4.59. The largest absolute Gasteiger partial charge is 0.493 e. The highest BCUT2D eigenvalue weighted by atomic mass is 16.5.